The van der Waals surface area contributed by atoms with Gasteiger partial charge in [-0.2, -0.15) is 0 Å². The first kappa shape index (κ1) is 12.1. The minimum atomic E-state index is -0.190. The zero-order valence-electron chi connectivity index (χ0n) is 11.2. The van der Waals surface area contributed by atoms with Gasteiger partial charge in [-0.15, -0.1) is 0 Å². The number of nitrogens with one attached hydrogen (secondary N) is 1. The summed E-state index contributed by atoms with van der Waals surface area (Å²) in [5.74, 6) is 0. The third-order valence-corrected chi connectivity index (χ3v) is 3.59. The molecule has 96 valence electrons. The number of benzene rings is 1. The number of aryl methyl sites for hydroxylation is 1. The summed E-state index contributed by atoms with van der Waals surface area (Å²) < 4.78 is 11.7. The second-order valence-electron chi connectivity index (χ2n) is 6.07. The van der Waals surface area contributed by atoms with Gasteiger partial charge in [0.1, 0.15) is 0 Å². The van der Waals surface area contributed by atoms with Gasteiger partial charge in [0.15, 0.2) is 0 Å². The van der Waals surface area contributed by atoms with E-state index in [2.05, 4.69) is 37.4 Å². The molecule has 0 radical (unpaired) electrons. The van der Waals surface area contributed by atoms with Crippen LogP contribution >= 0.6 is 0 Å². The standard InChI is InChI=1S/C14H20BNO2/c1-14(2)9-17-15(18-10-14)12-5-6-13-11(8-12)4-3-7-16-13/h5-6,8,16H,3-4,7,9-10H2,1-2H3. The highest BCUT2D eigenvalue weighted by Gasteiger charge is 2.33. The van der Waals surface area contributed by atoms with E-state index in [0.29, 0.717) is 0 Å². The van der Waals surface area contributed by atoms with Crippen molar-refractivity contribution < 1.29 is 9.31 Å². The van der Waals surface area contributed by atoms with Crippen molar-refractivity contribution in [3.05, 3.63) is 23.8 Å². The fourth-order valence-corrected chi connectivity index (χ4v) is 2.53. The van der Waals surface area contributed by atoms with Crippen LogP contribution in [0.2, 0.25) is 0 Å². The minimum Gasteiger partial charge on any atom is -0.407 e. The summed E-state index contributed by atoms with van der Waals surface area (Å²) in [6.07, 6.45) is 2.35. The van der Waals surface area contributed by atoms with Gasteiger partial charge in [-0.25, -0.2) is 0 Å². The summed E-state index contributed by atoms with van der Waals surface area (Å²) in [5.41, 5.74) is 3.93. The Morgan fingerprint density at radius 1 is 1.22 bits per heavy atom. The van der Waals surface area contributed by atoms with Crippen molar-refractivity contribution in [1.82, 2.24) is 0 Å². The average Bonchev–Trinajstić information content (AvgIpc) is 2.38. The highest BCUT2D eigenvalue weighted by atomic mass is 16.6. The van der Waals surface area contributed by atoms with E-state index >= 15 is 0 Å². The van der Waals surface area contributed by atoms with Crippen LogP contribution in [0.4, 0.5) is 5.69 Å². The van der Waals surface area contributed by atoms with Gasteiger partial charge >= 0.3 is 7.12 Å². The van der Waals surface area contributed by atoms with Gasteiger partial charge in [0.2, 0.25) is 0 Å². The van der Waals surface area contributed by atoms with Crippen LogP contribution in [0.3, 0.4) is 0 Å². The van der Waals surface area contributed by atoms with Crippen LogP contribution in [0.25, 0.3) is 0 Å². The molecule has 1 aromatic rings. The maximum absolute atomic E-state index is 5.83. The first-order valence-electron chi connectivity index (χ1n) is 6.74. The zero-order chi connectivity index (χ0) is 12.6. The Labute approximate surface area is 109 Å². The van der Waals surface area contributed by atoms with E-state index in [4.69, 9.17) is 9.31 Å². The lowest BCUT2D eigenvalue weighted by atomic mass is 9.75. The van der Waals surface area contributed by atoms with Crippen molar-refractivity contribution in [2.75, 3.05) is 25.1 Å². The second kappa shape index (κ2) is 4.59. The fourth-order valence-electron chi connectivity index (χ4n) is 2.53. The molecule has 0 amide bonds. The molecule has 1 N–H and O–H groups in total. The Morgan fingerprint density at radius 2 is 2.00 bits per heavy atom. The Bertz CT molecular complexity index is 437. The van der Waals surface area contributed by atoms with Crippen LogP contribution in [0, 0.1) is 5.41 Å². The number of anilines is 1. The molecule has 0 saturated carbocycles. The number of hydrogen-bond donors (Lipinski definition) is 1. The van der Waals surface area contributed by atoms with Crippen molar-refractivity contribution in [1.29, 1.82) is 0 Å². The van der Waals surface area contributed by atoms with Gasteiger partial charge in [-0.1, -0.05) is 26.0 Å². The Morgan fingerprint density at radius 3 is 2.78 bits per heavy atom. The highest BCUT2D eigenvalue weighted by molar-refractivity contribution is 6.61. The molecule has 0 atom stereocenters. The summed E-state index contributed by atoms with van der Waals surface area (Å²) in [4.78, 5) is 0. The first-order chi connectivity index (χ1) is 8.64. The summed E-state index contributed by atoms with van der Waals surface area (Å²) in [6.45, 7) is 6.93. The molecular formula is C14H20BNO2. The van der Waals surface area contributed by atoms with E-state index in [1.807, 2.05) is 0 Å². The largest absolute Gasteiger partial charge is 0.493 e. The lowest BCUT2D eigenvalue weighted by Gasteiger charge is -2.33. The topological polar surface area (TPSA) is 30.5 Å². The van der Waals surface area contributed by atoms with Crippen LogP contribution < -0.4 is 10.8 Å². The molecular weight excluding hydrogens is 225 g/mol. The van der Waals surface area contributed by atoms with Crippen molar-refractivity contribution in [3.8, 4) is 0 Å². The van der Waals surface area contributed by atoms with Crippen LogP contribution in [0.1, 0.15) is 25.8 Å². The van der Waals surface area contributed by atoms with Crippen molar-refractivity contribution in [2.24, 2.45) is 5.41 Å². The minimum absolute atomic E-state index is 0.131. The molecule has 1 fully saturated rings. The van der Waals surface area contributed by atoms with E-state index in [9.17, 15) is 0 Å². The molecule has 1 saturated heterocycles. The molecule has 1 aromatic carbocycles. The summed E-state index contributed by atoms with van der Waals surface area (Å²) in [7, 11) is -0.190. The maximum atomic E-state index is 5.83. The zero-order valence-corrected chi connectivity index (χ0v) is 11.2. The average molecular weight is 245 g/mol. The molecule has 0 unspecified atom stereocenters. The maximum Gasteiger partial charge on any atom is 0.493 e. The summed E-state index contributed by atoms with van der Waals surface area (Å²) in [5, 5.41) is 3.42. The third-order valence-electron chi connectivity index (χ3n) is 3.59. The molecule has 18 heavy (non-hydrogen) atoms. The Kier molecular flexibility index (Phi) is 3.08. The lowest BCUT2D eigenvalue weighted by molar-refractivity contribution is 0.0343. The molecule has 4 heteroatoms. The molecule has 2 aliphatic heterocycles. The van der Waals surface area contributed by atoms with Gasteiger partial charge in [0.25, 0.3) is 0 Å². The van der Waals surface area contributed by atoms with Crippen molar-refractivity contribution >= 4 is 18.3 Å². The second-order valence-corrected chi connectivity index (χ2v) is 6.07. The van der Waals surface area contributed by atoms with Gasteiger partial charge in [0, 0.05) is 30.9 Å². The highest BCUT2D eigenvalue weighted by Crippen LogP contribution is 2.23. The van der Waals surface area contributed by atoms with Gasteiger partial charge in [-0.05, 0) is 29.9 Å². The molecule has 0 spiro atoms. The van der Waals surface area contributed by atoms with E-state index in [1.54, 1.807) is 0 Å². The van der Waals surface area contributed by atoms with Gasteiger partial charge in [-0.3, -0.25) is 0 Å². The van der Waals surface area contributed by atoms with Crippen LogP contribution in [-0.2, 0) is 15.7 Å². The van der Waals surface area contributed by atoms with Crippen LogP contribution in [0.15, 0.2) is 18.2 Å². The van der Waals surface area contributed by atoms with Crippen molar-refractivity contribution in [3.63, 3.8) is 0 Å². The Hall–Kier alpha value is -0.995. The van der Waals surface area contributed by atoms with E-state index in [-0.39, 0.29) is 12.5 Å². The SMILES string of the molecule is CC1(C)COB(c2ccc3c(c2)CCCN3)OC1. The van der Waals surface area contributed by atoms with Crippen LogP contribution in [-0.4, -0.2) is 26.9 Å². The molecule has 2 heterocycles. The predicted molar refractivity (Wildman–Crippen MR) is 74.3 cm³/mol. The quantitative estimate of drug-likeness (QED) is 0.765. The predicted octanol–water partition coefficient (Wildman–Crippen LogP) is 1.81. The fraction of sp³-hybridized carbons (Fsp3) is 0.571. The third kappa shape index (κ3) is 2.40. The monoisotopic (exact) mass is 245 g/mol. The van der Waals surface area contributed by atoms with Crippen LogP contribution in [0.5, 0.6) is 0 Å². The molecule has 0 bridgehead atoms. The van der Waals surface area contributed by atoms with E-state index < -0.39 is 0 Å². The molecule has 0 aliphatic carbocycles. The number of hydrogen-bond acceptors (Lipinski definition) is 3. The van der Waals surface area contributed by atoms with Gasteiger partial charge in [0.05, 0.1) is 0 Å². The number of fused-ring (bicyclic) bond motifs is 1. The molecule has 3 nitrogen and oxygen atoms in total. The molecule has 2 aliphatic rings. The summed E-state index contributed by atoms with van der Waals surface area (Å²) in [6, 6.07) is 6.49. The van der Waals surface area contributed by atoms with Gasteiger partial charge < -0.3 is 14.6 Å². The lowest BCUT2D eigenvalue weighted by Crippen LogP contribution is -2.47. The van der Waals surface area contributed by atoms with E-state index in [1.165, 1.54) is 17.7 Å². The van der Waals surface area contributed by atoms with E-state index in [0.717, 1.165) is 31.6 Å². The first-order valence-corrected chi connectivity index (χ1v) is 6.74. The number of rotatable bonds is 1. The van der Waals surface area contributed by atoms with Crippen molar-refractivity contribution in [2.45, 2.75) is 26.7 Å². The smallest absolute Gasteiger partial charge is 0.407 e. The normalized spacial score (nSPS) is 22.2. The summed E-state index contributed by atoms with van der Waals surface area (Å²) >= 11 is 0. The molecule has 3 rings (SSSR count). The molecule has 0 aromatic heterocycles. The Balaban J connectivity index is 1.77.